The molecule has 0 fully saturated rings. The second-order valence-corrected chi connectivity index (χ2v) is 5.74. The van der Waals surface area contributed by atoms with E-state index < -0.39 is 0 Å². The van der Waals surface area contributed by atoms with Crippen LogP contribution >= 0.6 is 0 Å². The van der Waals surface area contributed by atoms with Gasteiger partial charge in [-0.25, -0.2) is 0 Å². The van der Waals surface area contributed by atoms with Crippen LogP contribution in [0.1, 0.15) is 56.4 Å². The summed E-state index contributed by atoms with van der Waals surface area (Å²) in [6, 6.07) is 6.44. The SMILES string of the molecule is CCCOc1ccc(C(CC)Cc2cn(CC)nn2)c(C)c1. The molecule has 2 rings (SSSR count). The fourth-order valence-electron chi connectivity index (χ4n) is 2.73. The maximum Gasteiger partial charge on any atom is 0.119 e. The Morgan fingerprint density at radius 1 is 1.23 bits per heavy atom. The van der Waals surface area contributed by atoms with Gasteiger partial charge in [0.15, 0.2) is 0 Å². The highest BCUT2D eigenvalue weighted by atomic mass is 16.5. The summed E-state index contributed by atoms with van der Waals surface area (Å²) in [5, 5.41) is 8.41. The zero-order chi connectivity index (χ0) is 15.9. The summed E-state index contributed by atoms with van der Waals surface area (Å²) in [5.41, 5.74) is 3.75. The Kier molecular flexibility index (Phi) is 5.99. The van der Waals surface area contributed by atoms with Gasteiger partial charge >= 0.3 is 0 Å². The predicted octanol–water partition coefficient (Wildman–Crippen LogP) is 4.13. The number of hydrogen-bond donors (Lipinski definition) is 0. The monoisotopic (exact) mass is 301 g/mol. The number of aryl methyl sites for hydroxylation is 2. The van der Waals surface area contributed by atoms with Crippen molar-refractivity contribution < 1.29 is 4.74 Å². The van der Waals surface area contributed by atoms with Crippen LogP contribution < -0.4 is 4.74 Å². The second kappa shape index (κ2) is 7.97. The number of hydrogen-bond acceptors (Lipinski definition) is 3. The fourth-order valence-corrected chi connectivity index (χ4v) is 2.73. The van der Waals surface area contributed by atoms with Crippen LogP contribution in [0.25, 0.3) is 0 Å². The van der Waals surface area contributed by atoms with E-state index in [9.17, 15) is 0 Å². The molecule has 1 heterocycles. The number of benzene rings is 1. The number of rotatable bonds is 8. The lowest BCUT2D eigenvalue weighted by atomic mass is 9.89. The van der Waals surface area contributed by atoms with E-state index in [4.69, 9.17) is 4.74 Å². The summed E-state index contributed by atoms with van der Waals surface area (Å²) in [6.45, 7) is 10.2. The molecule has 0 radical (unpaired) electrons. The fraction of sp³-hybridized carbons (Fsp3) is 0.556. The molecule has 2 aromatic rings. The highest BCUT2D eigenvalue weighted by Gasteiger charge is 2.15. The molecule has 0 aliphatic carbocycles. The molecule has 0 aliphatic heterocycles. The summed E-state index contributed by atoms with van der Waals surface area (Å²) in [5.74, 6) is 1.44. The normalized spacial score (nSPS) is 12.4. The molecule has 1 aromatic heterocycles. The lowest BCUT2D eigenvalue weighted by molar-refractivity contribution is 0.317. The number of nitrogens with zero attached hydrogens (tertiary/aromatic N) is 3. The number of ether oxygens (including phenoxy) is 1. The molecule has 1 aromatic carbocycles. The summed E-state index contributed by atoms with van der Waals surface area (Å²) in [6.07, 6.45) is 5.11. The van der Waals surface area contributed by atoms with Crippen molar-refractivity contribution in [1.82, 2.24) is 15.0 Å². The van der Waals surface area contributed by atoms with Gasteiger partial charge in [-0.05, 0) is 62.3 Å². The van der Waals surface area contributed by atoms with Crippen LogP contribution in [-0.4, -0.2) is 21.6 Å². The first-order chi connectivity index (χ1) is 10.7. The van der Waals surface area contributed by atoms with E-state index in [1.54, 1.807) is 0 Å². The molecule has 0 aliphatic rings. The molecule has 1 atom stereocenters. The highest BCUT2D eigenvalue weighted by Crippen LogP contribution is 2.29. The average molecular weight is 301 g/mol. The van der Waals surface area contributed by atoms with E-state index in [-0.39, 0.29) is 0 Å². The summed E-state index contributed by atoms with van der Waals surface area (Å²) in [7, 11) is 0. The lowest BCUT2D eigenvalue weighted by Gasteiger charge is -2.17. The van der Waals surface area contributed by atoms with Gasteiger partial charge in [-0.3, -0.25) is 4.68 Å². The smallest absolute Gasteiger partial charge is 0.119 e. The molecule has 120 valence electrons. The molecule has 0 saturated carbocycles. The van der Waals surface area contributed by atoms with Gasteiger partial charge in [-0.2, -0.15) is 0 Å². The van der Waals surface area contributed by atoms with Gasteiger partial charge in [0.2, 0.25) is 0 Å². The Bertz CT molecular complexity index is 592. The van der Waals surface area contributed by atoms with Crippen LogP contribution in [0.4, 0.5) is 0 Å². The maximum absolute atomic E-state index is 5.71. The molecule has 0 N–H and O–H groups in total. The van der Waals surface area contributed by atoms with Crippen molar-refractivity contribution in [3.63, 3.8) is 0 Å². The Morgan fingerprint density at radius 2 is 2.05 bits per heavy atom. The van der Waals surface area contributed by atoms with E-state index >= 15 is 0 Å². The Hall–Kier alpha value is -1.84. The second-order valence-electron chi connectivity index (χ2n) is 5.74. The van der Waals surface area contributed by atoms with E-state index in [1.165, 1.54) is 11.1 Å². The van der Waals surface area contributed by atoms with E-state index in [0.717, 1.165) is 43.9 Å². The molecular weight excluding hydrogens is 274 g/mol. The van der Waals surface area contributed by atoms with Crippen molar-refractivity contribution >= 4 is 0 Å². The van der Waals surface area contributed by atoms with Crippen molar-refractivity contribution in [2.75, 3.05) is 6.61 Å². The van der Waals surface area contributed by atoms with E-state index in [0.29, 0.717) is 5.92 Å². The molecular formula is C18H27N3O. The zero-order valence-corrected chi connectivity index (χ0v) is 14.2. The van der Waals surface area contributed by atoms with Crippen LogP contribution in [0.15, 0.2) is 24.4 Å². The molecule has 4 heteroatoms. The summed E-state index contributed by atoms with van der Waals surface area (Å²) >= 11 is 0. The van der Waals surface area contributed by atoms with Gasteiger partial charge < -0.3 is 4.74 Å². The number of aromatic nitrogens is 3. The van der Waals surface area contributed by atoms with Gasteiger partial charge in [0, 0.05) is 12.7 Å². The zero-order valence-electron chi connectivity index (χ0n) is 14.2. The van der Waals surface area contributed by atoms with Crippen molar-refractivity contribution in [2.24, 2.45) is 0 Å². The first kappa shape index (κ1) is 16.5. The molecule has 22 heavy (non-hydrogen) atoms. The Morgan fingerprint density at radius 3 is 2.64 bits per heavy atom. The van der Waals surface area contributed by atoms with Crippen LogP contribution in [0.2, 0.25) is 0 Å². The van der Waals surface area contributed by atoms with Crippen molar-refractivity contribution in [3.05, 3.63) is 41.2 Å². The minimum atomic E-state index is 0.474. The Balaban J connectivity index is 2.12. The Labute approximate surface area is 133 Å². The third-order valence-electron chi connectivity index (χ3n) is 4.01. The predicted molar refractivity (Wildman–Crippen MR) is 89.4 cm³/mol. The van der Waals surface area contributed by atoms with Crippen molar-refractivity contribution in [3.8, 4) is 5.75 Å². The van der Waals surface area contributed by atoms with Gasteiger partial charge in [0.05, 0.1) is 12.3 Å². The minimum absolute atomic E-state index is 0.474. The molecule has 4 nitrogen and oxygen atoms in total. The van der Waals surface area contributed by atoms with Crippen LogP contribution in [0.5, 0.6) is 5.75 Å². The van der Waals surface area contributed by atoms with Crippen LogP contribution in [-0.2, 0) is 13.0 Å². The molecule has 0 saturated heterocycles. The first-order valence-electron chi connectivity index (χ1n) is 8.30. The topological polar surface area (TPSA) is 39.9 Å². The van der Waals surface area contributed by atoms with Crippen LogP contribution in [0, 0.1) is 6.92 Å². The van der Waals surface area contributed by atoms with Crippen LogP contribution in [0.3, 0.4) is 0 Å². The molecule has 0 bridgehead atoms. The molecule has 1 unspecified atom stereocenters. The lowest BCUT2D eigenvalue weighted by Crippen LogP contribution is -2.05. The summed E-state index contributed by atoms with van der Waals surface area (Å²) in [4.78, 5) is 0. The van der Waals surface area contributed by atoms with Gasteiger partial charge in [0.25, 0.3) is 0 Å². The molecule has 0 spiro atoms. The van der Waals surface area contributed by atoms with E-state index in [1.807, 2.05) is 4.68 Å². The third-order valence-corrected chi connectivity index (χ3v) is 4.01. The van der Waals surface area contributed by atoms with Gasteiger partial charge in [0.1, 0.15) is 5.75 Å². The summed E-state index contributed by atoms with van der Waals surface area (Å²) < 4.78 is 7.60. The standard InChI is InChI=1S/C18H27N3O/c1-5-10-22-17-8-9-18(14(4)11-17)15(6-2)12-16-13-21(7-3)20-19-16/h8-9,11,13,15H,5-7,10,12H2,1-4H3. The quantitative estimate of drug-likeness (QED) is 0.736. The minimum Gasteiger partial charge on any atom is -0.494 e. The first-order valence-corrected chi connectivity index (χ1v) is 8.30. The van der Waals surface area contributed by atoms with Gasteiger partial charge in [-0.1, -0.05) is 25.1 Å². The average Bonchev–Trinajstić information content (AvgIpc) is 2.99. The molecule has 0 amide bonds. The van der Waals surface area contributed by atoms with Crippen molar-refractivity contribution in [2.45, 2.75) is 59.4 Å². The van der Waals surface area contributed by atoms with Crippen molar-refractivity contribution in [1.29, 1.82) is 0 Å². The van der Waals surface area contributed by atoms with Gasteiger partial charge in [-0.15, -0.1) is 5.10 Å². The third kappa shape index (κ3) is 4.09. The largest absolute Gasteiger partial charge is 0.494 e. The highest BCUT2D eigenvalue weighted by molar-refractivity contribution is 5.37. The maximum atomic E-state index is 5.71. The van der Waals surface area contributed by atoms with E-state index in [2.05, 4.69) is 62.4 Å².